The van der Waals surface area contributed by atoms with E-state index in [9.17, 15) is 0 Å². The van der Waals surface area contributed by atoms with E-state index >= 15 is 0 Å². The maximum Gasteiger partial charge on any atom is 0.142 e. The van der Waals surface area contributed by atoms with Gasteiger partial charge in [0.1, 0.15) is 17.6 Å². The van der Waals surface area contributed by atoms with Crippen molar-refractivity contribution < 1.29 is 9.47 Å². The zero-order valence-electron chi connectivity index (χ0n) is 11.5. The molecular formula is C15H18ClNO2S. The van der Waals surface area contributed by atoms with Crippen LogP contribution in [0, 0.1) is 0 Å². The summed E-state index contributed by atoms with van der Waals surface area (Å²) in [6, 6.07) is 8.11. The molecule has 0 aliphatic carbocycles. The molecule has 0 radical (unpaired) electrons. The predicted molar refractivity (Wildman–Crippen MR) is 85.4 cm³/mol. The smallest absolute Gasteiger partial charge is 0.142 e. The molecular weight excluding hydrogens is 294 g/mol. The van der Waals surface area contributed by atoms with Crippen LogP contribution in [0.25, 0.3) is 11.1 Å². The Morgan fingerprint density at radius 1 is 1.40 bits per heavy atom. The average molecular weight is 312 g/mol. The minimum absolute atomic E-state index is 0. The molecule has 0 saturated carbocycles. The zero-order valence-corrected chi connectivity index (χ0v) is 13.1. The first-order valence-electron chi connectivity index (χ1n) is 6.40. The third kappa shape index (κ3) is 2.92. The topological polar surface area (TPSA) is 30.5 Å². The second-order valence-corrected chi connectivity index (χ2v) is 5.66. The van der Waals surface area contributed by atoms with Gasteiger partial charge in [-0.15, -0.1) is 23.7 Å². The van der Waals surface area contributed by atoms with Crippen LogP contribution >= 0.6 is 23.7 Å². The predicted octanol–water partition coefficient (Wildman–Crippen LogP) is 3.72. The summed E-state index contributed by atoms with van der Waals surface area (Å²) >= 11 is 1.75. The van der Waals surface area contributed by atoms with Crippen LogP contribution in [0.15, 0.2) is 29.6 Å². The molecule has 0 amide bonds. The highest BCUT2D eigenvalue weighted by Gasteiger charge is 2.20. The zero-order chi connectivity index (χ0) is 13.2. The monoisotopic (exact) mass is 311 g/mol. The van der Waals surface area contributed by atoms with Crippen molar-refractivity contribution in [2.24, 2.45) is 0 Å². The molecule has 0 fully saturated rings. The van der Waals surface area contributed by atoms with E-state index in [1.54, 1.807) is 18.4 Å². The fourth-order valence-electron chi connectivity index (χ4n) is 2.26. The second-order valence-electron chi connectivity index (χ2n) is 4.69. The fraction of sp³-hybridized carbons (Fsp3) is 0.333. The van der Waals surface area contributed by atoms with Gasteiger partial charge in [0, 0.05) is 24.0 Å². The van der Waals surface area contributed by atoms with E-state index < -0.39 is 0 Å². The number of rotatable bonds is 2. The number of ether oxygens (including phenoxy) is 2. The van der Waals surface area contributed by atoms with Crippen LogP contribution in [-0.2, 0) is 6.54 Å². The maximum atomic E-state index is 6.06. The molecule has 2 heterocycles. The normalized spacial score (nSPS) is 17.4. The molecule has 1 aromatic heterocycles. The number of hydrogen-bond donors (Lipinski definition) is 1. The van der Waals surface area contributed by atoms with Gasteiger partial charge in [-0.3, -0.25) is 0 Å². The highest BCUT2D eigenvalue weighted by Crippen LogP contribution is 2.40. The van der Waals surface area contributed by atoms with E-state index in [4.69, 9.17) is 9.47 Å². The lowest BCUT2D eigenvalue weighted by atomic mass is 10.1. The van der Waals surface area contributed by atoms with Crippen molar-refractivity contribution in [1.82, 2.24) is 5.32 Å². The SMILES string of the molecule is COc1cccc(-c2csc3c2OC(C)CNC3)c1.Cl. The molecule has 1 aliphatic heterocycles. The molecule has 5 heteroatoms. The van der Waals surface area contributed by atoms with E-state index in [2.05, 4.69) is 29.8 Å². The van der Waals surface area contributed by atoms with Crippen molar-refractivity contribution in [3.05, 3.63) is 34.5 Å². The molecule has 20 heavy (non-hydrogen) atoms. The molecule has 2 aromatic rings. The lowest BCUT2D eigenvalue weighted by molar-refractivity contribution is 0.228. The molecule has 0 spiro atoms. The summed E-state index contributed by atoms with van der Waals surface area (Å²) in [5, 5.41) is 5.57. The lowest BCUT2D eigenvalue weighted by Crippen LogP contribution is -2.25. The molecule has 1 N–H and O–H groups in total. The van der Waals surface area contributed by atoms with Crippen LogP contribution in [-0.4, -0.2) is 19.8 Å². The van der Waals surface area contributed by atoms with Crippen molar-refractivity contribution in [3.63, 3.8) is 0 Å². The summed E-state index contributed by atoms with van der Waals surface area (Å²) < 4.78 is 11.4. The molecule has 1 unspecified atom stereocenters. The van der Waals surface area contributed by atoms with Crippen LogP contribution in [0.3, 0.4) is 0 Å². The Morgan fingerprint density at radius 3 is 3.05 bits per heavy atom. The maximum absolute atomic E-state index is 6.06. The second kappa shape index (κ2) is 6.48. The Hall–Kier alpha value is -1.23. The number of thiophene rings is 1. The minimum atomic E-state index is 0. The van der Waals surface area contributed by atoms with E-state index in [-0.39, 0.29) is 18.5 Å². The largest absolute Gasteiger partial charge is 0.497 e. The standard InChI is InChI=1S/C15H17NO2S.ClH/c1-10-7-16-8-14-15(18-10)13(9-19-14)11-4-3-5-12(6-11)17-2;/h3-6,9-10,16H,7-8H2,1-2H3;1H. The van der Waals surface area contributed by atoms with Crippen molar-refractivity contribution in [2.45, 2.75) is 19.6 Å². The first-order chi connectivity index (χ1) is 9.28. The highest BCUT2D eigenvalue weighted by molar-refractivity contribution is 7.10. The number of benzene rings is 1. The first-order valence-corrected chi connectivity index (χ1v) is 7.28. The molecule has 108 valence electrons. The highest BCUT2D eigenvalue weighted by atomic mass is 35.5. The number of fused-ring (bicyclic) bond motifs is 1. The third-order valence-electron chi connectivity index (χ3n) is 3.23. The van der Waals surface area contributed by atoms with E-state index in [1.807, 2.05) is 12.1 Å². The Bertz CT molecular complexity index is 585. The van der Waals surface area contributed by atoms with Gasteiger partial charge in [0.25, 0.3) is 0 Å². The van der Waals surface area contributed by atoms with Gasteiger partial charge in [0.05, 0.1) is 12.0 Å². The molecule has 1 atom stereocenters. The van der Waals surface area contributed by atoms with Gasteiger partial charge in [0.15, 0.2) is 0 Å². The molecule has 0 bridgehead atoms. The van der Waals surface area contributed by atoms with Gasteiger partial charge in [-0.05, 0) is 24.6 Å². The Labute approximate surface area is 129 Å². The van der Waals surface area contributed by atoms with Crippen LogP contribution in [0.1, 0.15) is 11.8 Å². The first kappa shape index (κ1) is 15.2. The Morgan fingerprint density at radius 2 is 2.25 bits per heavy atom. The summed E-state index contributed by atoms with van der Waals surface area (Å²) in [6.45, 7) is 3.86. The number of nitrogens with one attached hydrogen (secondary N) is 1. The van der Waals surface area contributed by atoms with Gasteiger partial charge in [0.2, 0.25) is 0 Å². The fourth-order valence-corrected chi connectivity index (χ4v) is 3.21. The molecule has 1 aromatic carbocycles. The van der Waals surface area contributed by atoms with E-state index in [0.29, 0.717) is 0 Å². The molecule has 3 rings (SSSR count). The minimum Gasteiger partial charge on any atom is -0.497 e. The van der Waals surface area contributed by atoms with Crippen molar-refractivity contribution in [1.29, 1.82) is 0 Å². The van der Waals surface area contributed by atoms with Gasteiger partial charge in [-0.25, -0.2) is 0 Å². The molecule has 0 saturated heterocycles. The Balaban J connectivity index is 0.00000147. The summed E-state index contributed by atoms with van der Waals surface area (Å²) in [5.74, 6) is 1.90. The quantitative estimate of drug-likeness (QED) is 0.917. The van der Waals surface area contributed by atoms with Crippen LogP contribution < -0.4 is 14.8 Å². The van der Waals surface area contributed by atoms with Crippen molar-refractivity contribution in [2.75, 3.05) is 13.7 Å². The summed E-state index contributed by atoms with van der Waals surface area (Å²) in [4.78, 5) is 1.27. The van der Waals surface area contributed by atoms with Crippen molar-refractivity contribution >= 4 is 23.7 Å². The molecule has 3 nitrogen and oxygen atoms in total. The Kier molecular flexibility index (Phi) is 4.91. The molecule has 1 aliphatic rings. The summed E-state index contributed by atoms with van der Waals surface area (Å²) in [7, 11) is 1.69. The van der Waals surface area contributed by atoms with Gasteiger partial charge in [-0.2, -0.15) is 0 Å². The van der Waals surface area contributed by atoms with Crippen LogP contribution in [0.2, 0.25) is 0 Å². The average Bonchev–Trinajstić information content (AvgIpc) is 2.72. The van der Waals surface area contributed by atoms with Crippen LogP contribution in [0.5, 0.6) is 11.5 Å². The summed E-state index contributed by atoms with van der Waals surface area (Å²) in [5.41, 5.74) is 2.31. The number of methoxy groups -OCH3 is 1. The van der Waals surface area contributed by atoms with Gasteiger partial charge < -0.3 is 14.8 Å². The van der Waals surface area contributed by atoms with E-state index in [1.165, 1.54) is 4.88 Å². The summed E-state index contributed by atoms with van der Waals surface area (Å²) in [6.07, 6.45) is 0.195. The lowest BCUT2D eigenvalue weighted by Gasteiger charge is -2.13. The van der Waals surface area contributed by atoms with Crippen LogP contribution in [0.4, 0.5) is 0 Å². The van der Waals surface area contributed by atoms with E-state index in [0.717, 1.165) is 35.7 Å². The van der Waals surface area contributed by atoms with Gasteiger partial charge >= 0.3 is 0 Å². The third-order valence-corrected chi connectivity index (χ3v) is 4.20. The number of halogens is 1. The number of hydrogen-bond acceptors (Lipinski definition) is 4. The van der Waals surface area contributed by atoms with Gasteiger partial charge in [-0.1, -0.05) is 12.1 Å². The van der Waals surface area contributed by atoms with Crippen molar-refractivity contribution in [3.8, 4) is 22.6 Å².